The summed E-state index contributed by atoms with van der Waals surface area (Å²) in [4.78, 5) is 0. The van der Waals surface area contributed by atoms with Crippen molar-refractivity contribution < 1.29 is 4.39 Å². The molecule has 0 saturated carbocycles. The first-order chi connectivity index (χ1) is 5.70. The third-order valence-corrected chi connectivity index (χ3v) is 3.25. The van der Waals surface area contributed by atoms with Crippen molar-refractivity contribution in [1.29, 1.82) is 0 Å². The van der Waals surface area contributed by atoms with E-state index >= 15 is 0 Å². The molecule has 1 nitrogen and oxygen atoms in total. The average molecular weight is 230 g/mol. The second-order valence-electron chi connectivity index (χ2n) is 3.00. The van der Waals surface area contributed by atoms with E-state index in [2.05, 4.69) is 21.2 Å². The maximum atomic E-state index is 13.1. The van der Waals surface area contributed by atoms with Gasteiger partial charge in [0.1, 0.15) is 5.82 Å². The molecular weight excluding hydrogens is 221 g/mol. The lowest BCUT2D eigenvalue weighted by Crippen LogP contribution is -1.91. The van der Waals surface area contributed by atoms with Crippen LogP contribution >= 0.6 is 15.9 Å². The molecule has 1 N–H and O–H groups in total. The summed E-state index contributed by atoms with van der Waals surface area (Å²) in [5.41, 5.74) is 3.21. The van der Waals surface area contributed by atoms with E-state index in [-0.39, 0.29) is 5.82 Å². The lowest BCUT2D eigenvalue weighted by Gasteiger charge is -2.06. The van der Waals surface area contributed by atoms with Crippen molar-refractivity contribution >= 4 is 21.6 Å². The zero-order chi connectivity index (χ0) is 8.72. The molecule has 0 bridgehead atoms. The van der Waals surface area contributed by atoms with Crippen LogP contribution in [-0.4, -0.2) is 6.54 Å². The van der Waals surface area contributed by atoms with Gasteiger partial charge < -0.3 is 5.32 Å². The predicted octanol–water partition coefficient (Wildman–Crippen LogP) is 2.86. The molecule has 0 aliphatic carbocycles. The Morgan fingerprint density at radius 1 is 1.58 bits per heavy atom. The molecule has 0 aromatic heterocycles. The number of rotatable bonds is 0. The summed E-state index contributed by atoms with van der Waals surface area (Å²) in [6.07, 6.45) is 1.00. The van der Waals surface area contributed by atoms with E-state index in [1.165, 1.54) is 5.56 Å². The molecule has 64 valence electrons. The molecule has 2 rings (SSSR count). The number of hydrogen-bond acceptors (Lipinski definition) is 1. The smallest absolute Gasteiger partial charge is 0.139 e. The van der Waals surface area contributed by atoms with Gasteiger partial charge in [-0.3, -0.25) is 0 Å². The third kappa shape index (κ3) is 1.04. The van der Waals surface area contributed by atoms with Crippen molar-refractivity contribution in [2.45, 2.75) is 13.3 Å². The molecule has 1 heterocycles. The van der Waals surface area contributed by atoms with Gasteiger partial charge in [0.05, 0.1) is 4.47 Å². The minimum Gasteiger partial charge on any atom is -0.384 e. The van der Waals surface area contributed by atoms with Gasteiger partial charge in [0, 0.05) is 12.2 Å². The van der Waals surface area contributed by atoms with Gasteiger partial charge in [0.25, 0.3) is 0 Å². The van der Waals surface area contributed by atoms with Gasteiger partial charge in [-0.1, -0.05) is 0 Å². The molecule has 0 amide bonds. The van der Waals surface area contributed by atoms with Crippen LogP contribution in [-0.2, 0) is 6.42 Å². The van der Waals surface area contributed by atoms with Gasteiger partial charge in [0.2, 0.25) is 0 Å². The molecule has 1 aliphatic rings. The predicted molar refractivity (Wildman–Crippen MR) is 51.0 cm³/mol. The van der Waals surface area contributed by atoms with Crippen molar-refractivity contribution in [2.75, 3.05) is 11.9 Å². The number of halogens is 2. The molecule has 0 unspecified atom stereocenters. The fourth-order valence-electron chi connectivity index (χ4n) is 1.59. The van der Waals surface area contributed by atoms with E-state index in [4.69, 9.17) is 0 Å². The molecule has 0 spiro atoms. The van der Waals surface area contributed by atoms with E-state index < -0.39 is 0 Å². The number of benzene rings is 1. The number of nitrogens with one attached hydrogen (secondary N) is 1. The number of anilines is 1. The lowest BCUT2D eigenvalue weighted by atomic mass is 10.1. The first kappa shape index (κ1) is 8.05. The van der Waals surface area contributed by atoms with Gasteiger partial charge >= 0.3 is 0 Å². The highest BCUT2D eigenvalue weighted by Gasteiger charge is 2.16. The Morgan fingerprint density at radius 3 is 3.08 bits per heavy atom. The SMILES string of the molecule is Cc1c(Br)c(F)cc2c1CCN2. The highest BCUT2D eigenvalue weighted by Crippen LogP contribution is 2.32. The van der Waals surface area contributed by atoms with Crippen LogP contribution in [0.15, 0.2) is 10.5 Å². The molecule has 0 fully saturated rings. The van der Waals surface area contributed by atoms with Crippen LogP contribution < -0.4 is 5.32 Å². The number of hydrogen-bond donors (Lipinski definition) is 1. The van der Waals surface area contributed by atoms with Gasteiger partial charge in [-0.25, -0.2) is 4.39 Å². The molecule has 0 atom stereocenters. The Kier molecular flexibility index (Phi) is 1.83. The van der Waals surface area contributed by atoms with Crippen LogP contribution in [0.2, 0.25) is 0 Å². The summed E-state index contributed by atoms with van der Waals surface area (Å²) in [7, 11) is 0. The second-order valence-corrected chi connectivity index (χ2v) is 3.79. The van der Waals surface area contributed by atoms with Crippen molar-refractivity contribution in [1.82, 2.24) is 0 Å². The van der Waals surface area contributed by atoms with Gasteiger partial charge in [0.15, 0.2) is 0 Å². The standard InChI is InChI=1S/C9H9BrFN/c1-5-6-2-3-12-8(6)4-7(11)9(5)10/h4,12H,2-3H2,1H3. The quantitative estimate of drug-likeness (QED) is 0.722. The van der Waals surface area contributed by atoms with E-state index in [9.17, 15) is 4.39 Å². The van der Waals surface area contributed by atoms with Crippen molar-refractivity contribution in [3.63, 3.8) is 0 Å². The Labute approximate surface area is 79.1 Å². The number of fused-ring (bicyclic) bond motifs is 1. The summed E-state index contributed by atoms with van der Waals surface area (Å²) < 4.78 is 13.7. The van der Waals surface area contributed by atoms with E-state index in [1.807, 2.05) is 6.92 Å². The summed E-state index contributed by atoms with van der Waals surface area (Å²) in [6, 6.07) is 1.55. The van der Waals surface area contributed by atoms with Gasteiger partial charge in [-0.2, -0.15) is 0 Å². The lowest BCUT2D eigenvalue weighted by molar-refractivity contribution is 0.620. The molecule has 1 aliphatic heterocycles. The van der Waals surface area contributed by atoms with E-state index in [1.54, 1.807) is 6.07 Å². The normalized spacial score (nSPS) is 14.2. The summed E-state index contributed by atoms with van der Waals surface area (Å²) in [6.45, 7) is 2.87. The van der Waals surface area contributed by atoms with Crippen molar-refractivity contribution in [2.24, 2.45) is 0 Å². The van der Waals surface area contributed by atoms with E-state index in [0.29, 0.717) is 4.47 Å². The van der Waals surface area contributed by atoms with Crippen LogP contribution in [0.4, 0.5) is 10.1 Å². The maximum absolute atomic E-state index is 13.1. The third-order valence-electron chi connectivity index (χ3n) is 2.28. The minimum atomic E-state index is -0.180. The summed E-state index contributed by atoms with van der Waals surface area (Å²) in [5, 5.41) is 3.15. The summed E-state index contributed by atoms with van der Waals surface area (Å²) in [5.74, 6) is -0.180. The fourth-order valence-corrected chi connectivity index (χ4v) is 1.95. The molecule has 1 aromatic carbocycles. The monoisotopic (exact) mass is 229 g/mol. The first-order valence-corrected chi connectivity index (χ1v) is 4.71. The first-order valence-electron chi connectivity index (χ1n) is 3.91. The van der Waals surface area contributed by atoms with Crippen molar-refractivity contribution in [3.8, 4) is 0 Å². The zero-order valence-corrected chi connectivity index (χ0v) is 8.33. The minimum absolute atomic E-state index is 0.180. The Hall–Kier alpha value is -0.570. The van der Waals surface area contributed by atoms with Crippen LogP contribution in [0.3, 0.4) is 0 Å². The molecular formula is C9H9BrFN. The van der Waals surface area contributed by atoms with E-state index in [0.717, 1.165) is 24.2 Å². The highest BCUT2D eigenvalue weighted by molar-refractivity contribution is 9.10. The van der Waals surface area contributed by atoms with Crippen LogP contribution in [0.25, 0.3) is 0 Å². The molecule has 0 radical (unpaired) electrons. The Bertz CT molecular complexity index is 336. The zero-order valence-electron chi connectivity index (χ0n) is 6.75. The van der Waals surface area contributed by atoms with Crippen LogP contribution in [0.1, 0.15) is 11.1 Å². The van der Waals surface area contributed by atoms with Gasteiger partial charge in [-0.05, 0) is 46.5 Å². The maximum Gasteiger partial charge on any atom is 0.139 e. The molecule has 1 aromatic rings. The summed E-state index contributed by atoms with van der Waals surface area (Å²) >= 11 is 3.23. The topological polar surface area (TPSA) is 12.0 Å². The molecule has 3 heteroatoms. The van der Waals surface area contributed by atoms with Gasteiger partial charge in [-0.15, -0.1) is 0 Å². The Morgan fingerprint density at radius 2 is 2.33 bits per heavy atom. The van der Waals surface area contributed by atoms with Crippen molar-refractivity contribution in [3.05, 3.63) is 27.5 Å². The van der Waals surface area contributed by atoms with Crippen LogP contribution in [0.5, 0.6) is 0 Å². The average Bonchev–Trinajstić information content (AvgIpc) is 2.48. The fraction of sp³-hybridized carbons (Fsp3) is 0.333. The largest absolute Gasteiger partial charge is 0.384 e. The molecule has 12 heavy (non-hydrogen) atoms. The second kappa shape index (κ2) is 2.73. The highest BCUT2D eigenvalue weighted by atomic mass is 79.9. The van der Waals surface area contributed by atoms with Crippen LogP contribution in [0, 0.1) is 12.7 Å². The Balaban J connectivity index is 2.67. The molecule has 0 saturated heterocycles.